The van der Waals surface area contributed by atoms with Crippen molar-refractivity contribution in [1.29, 1.82) is 0 Å². The van der Waals surface area contributed by atoms with Gasteiger partial charge < -0.3 is 10.5 Å². The molecule has 1 fully saturated rings. The van der Waals surface area contributed by atoms with Gasteiger partial charge in [-0.1, -0.05) is 22.9 Å². The molecule has 0 spiro atoms. The third-order valence-electron chi connectivity index (χ3n) is 4.35. The Morgan fingerprint density at radius 2 is 2.25 bits per heavy atom. The van der Waals surface area contributed by atoms with Crippen LogP contribution < -0.4 is 10.5 Å². The van der Waals surface area contributed by atoms with Gasteiger partial charge in [-0.05, 0) is 42.6 Å². The second kappa shape index (κ2) is 6.22. The molecule has 5 heteroatoms. The van der Waals surface area contributed by atoms with E-state index in [0.717, 1.165) is 49.4 Å². The Morgan fingerprint density at radius 3 is 2.95 bits per heavy atom. The van der Waals surface area contributed by atoms with Crippen LogP contribution >= 0.6 is 28.3 Å². The zero-order valence-electron chi connectivity index (χ0n) is 11.8. The quantitative estimate of drug-likeness (QED) is 0.899. The molecule has 0 bridgehead atoms. The number of nitrogens with zero attached hydrogens (tertiary/aromatic N) is 1. The number of halogens is 2. The smallest absolute Gasteiger partial charge is 0.127 e. The standard InChI is InChI=1S/C15H21BrN2O.ClH/c1-15(9-17)3-4-18(10-15)8-12-7-13(16)6-11-2-5-19-14(11)12;/h6-7H,2-5,8-10,17H2,1H3;1H. The van der Waals surface area contributed by atoms with Gasteiger partial charge in [0.25, 0.3) is 0 Å². The predicted octanol–water partition coefficient (Wildman–Crippen LogP) is 2.98. The van der Waals surface area contributed by atoms with Crippen molar-refractivity contribution in [3.63, 3.8) is 0 Å². The lowest BCUT2D eigenvalue weighted by atomic mass is 9.90. The highest BCUT2D eigenvalue weighted by Crippen LogP contribution is 2.36. The molecule has 2 heterocycles. The van der Waals surface area contributed by atoms with Crippen LogP contribution in [-0.2, 0) is 13.0 Å². The maximum Gasteiger partial charge on any atom is 0.127 e. The minimum Gasteiger partial charge on any atom is -0.493 e. The molecule has 0 radical (unpaired) electrons. The van der Waals surface area contributed by atoms with E-state index in [1.54, 1.807) is 0 Å². The summed E-state index contributed by atoms with van der Waals surface area (Å²) in [5, 5.41) is 0. The first-order valence-electron chi connectivity index (χ1n) is 6.96. The molecule has 0 saturated carbocycles. The van der Waals surface area contributed by atoms with Gasteiger partial charge >= 0.3 is 0 Å². The van der Waals surface area contributed by atoms with Gasteiger partial charge in [0.2, 0.25) is 0 Å². The summed E-state index contributed by atoms with van der Waals surface area (Å²) >= 11 is 3.61. The van der Waals surface area contributed by atoms with Gasteiger partial charge in [0.1, 0.15) is 5.75 Å². The van der Waals surface area contributed by atoms with E-state index >= 15 is 0 Å². The van der Waals surface area contributed by atoms with Crippen molar-refractivity contribution < 1.29 is 4.74 Å². The Morgan fingerprint density at radius 1 is 1.45 bits per heavy atom. The van der Waals surface area contributed by atoms with Crippen LogP contribution in [0.4, 0.5) is 0 Å². The van der Waals surface area contributed by atoms with Crippen LogP contribution in [0, 0.1) is 5.41 Å². The fourth-order valence-corrected chi connectivity index (χ4v) is 3.68. The monoisotopic (exact) mass is 360 g/mol. The van der Waals surface area contributed by atoms with Crippen LogP contribution in [0.1, 0.15) is 24.5 Å². The summed E-state index contributed by atoms with van der Waals surface area (Å²) in [5.74, 6) is 1.12. The summed E-state index contributed by atoms with van der Waals surface area (Å²) in [6.45, 7) is 7.07. The summed E-state index contributed by atoms with van der Waals surface area (Å²) in [6, 6.07) is 4.38. The number of hydrogen-bond donors (Lipinski definition) is 1. The molecule has 3 nitrogen and oxygen atoms in total. The Hall–Kier alpha value is -0.290. The van der Waals surface area contributed by atoms with Crippen molar-refractivity contribution in [3.05, 3.63) is 27.7 Å². The summed E-state index contributed by atoms with van der Waals surface area (Å²) in [7, 11) is 0. The third kappa shape index (κ3) is 3.14. The molecule has 2 aliphatic heterocycles. The Bertz CT molecular complexity index is 497. The first kappa shape index (κ1) is 16.1. The van der Waals surface area contributed by atoms with Gasteiger partial charge in [0.15, 0.2) is 0 Å². The molecule has 0 aromatic heterocycles. The minimum atomic E-state index is 0. The predicted molar refractivity (Wildman–Crippen MR) is 87.6 cm³/mol. The number of rotatable bonds is 3. The number of nitrogens with two attached hydrogens (primary N) is 1. The molecule has 0 amide bonds. The maximum atomic E-state index is 5.88. The number of fused-ring (bicyclic) bond motifs is 1. The van der Waals surface area contributed by atoms with E-state index in [-0.39, 0.29) is 17.8 Å². The van der Waals surface area contributed by atoms with Crippen LogP contribution in [-0.4, -0.2) is 31.1 Å². The largest absolute Gasteiger partial charge is 0.493 e. The highest BCUT2D eigenvalue weighted by Gasteiger charge is 2.33. The zero-order chi connectivity index (χ0) is 13.5. The van der Waals surface area contributed by atoms with Gasteiger partial charge in [-0.25, -0.2) is 0 Å². The molecule has 2 N–H and O–H groups in total. The maximum absolute atomic E-state index is 5.88. The molecule has 0 aliphatic carbocycles. The van der Waals surface area contributed by atoms with Crippen LogP contribution in [0.15, 0.2) is 16.6 Å². The summed E-state index contributed by atoms with van der Waals surface area (Å²) in [6.07, 6.45) is 2.23. The highest BCUT2D eigenvalue weighted by atomic mass is 79.9. The van der Waals surface area contributed by atoms with E-state index in [9.17, 15) is 0 Å². The van der Waals surface area contributed by atoms with E-state index in [1.165, 1.54) is 17.5 Å². The molecular weight excluding hydrogens is 340 g/mol. The van der Waals surface area contributed by atoms with Crippen molar-refractivity contribution in [3.8, 4) is 5.75 Å². The summed E-state index contributed by atoms with van der Waals surface area (Å²) in [4.78, 5) is 2.50. The van der Waals surface area contributed by atoms with Crippen molar-refractivity contribution in [1.82, 2.24) is 4.90 Å². The van der Waals surface area contributed by atoms with Crippen LogP contribution in [0.25, 0.3) is 0 Å². The van der Waals surface area contributed by atoms with Crippen molar-refractivity contribution in [2.24, 2.45) is 11.1 Å². The molecule has 1 aromatic rings. The van der Waals surface area contributed by atoms with Gasteiger partial charge in [0.05, 0.1) is 6.61 Å². The molecule has 1 aromatic carbocycles. The number of likely N-dealkylation sites (tertiary alicyclic amines) is 1. The second-order valence-corrected chi connectivity index (χ2v) is 7.04. The average molecular weight is 362 g/mol. The van der Waals surface area contributed by atoms with Crippen molar-refractivity contribution in [2.75, 3.05) is 26.2 Å². The molecule has 3 rings (SSSR count). The molecule has 1 saturated heterocycles. The fourth-order valence-electron chi connectivity index (χ4n) is 3.13. The summed E-state index contributed by atoms with van der Waals surface area (Å²) < 4.78 is 6.96. The highest BCUT2D eigenvalue weighted by molar-refractivity contribution is 9.10. The Labute approximate surface area is 135 Å². The molecule has 1 atom stereocenters. The van der Waals surface area contributed by atoms with Crippen LogP contribution in [0.5, 0.6) is 5.75 Å². The van der Waals surface area contributed by atoms with Gasteiger partial charge in [-0.15, -0.1) is 12.4 Å². The Kier molecular flexibility index (Phi) is 5.00. The first-order chi connectivity index (χ1) is 9.09. The van der Waals surface area contributed by atoms with Gasteiger partial charge in [0, 0.05) is 29.5 Å². The lowest BCUT2D eigenvalue weighted by Crippen LogP contribution is -2.31. The zero-order valence-corrected chi connectivity index (χ0v) is 14.2. The molecular formula is C15H22BrClN2O. The Balaban J connectivity index is 0.00000147. The number of hydrogen-bond acceptors (Lipinski definition) is 3. The third-order valence-corrected chi connectivity index (χ3v) is 4.81. The topological polar surface area (TPSA) is 38.5 Å². The fraction of sp³-hybridized carbons (Fsp3) is 0.600. The molecule has 20 heavy (non-hydrogen) atoms. The lowest BCUT2D eigenvalue weighted by Gasteiger charge is -2.23. The minimum absolute atomic E-state index is 0. The van der Waals surface area contributed by atoms with Crippen molar-refractivity contribution >= 4 is 28.3 Å². The normalized spacial score (nSPS) is 25.1. The molecule has 112 valence electrons. The summed E-state index contributed by atoms with van der Waals surface area (Å²) in [5.41, 5.74) is 8.81. The molecule has 2 aliphatic rings. The SMILES string of the molecule is CC1(CN)CCN(Cc2cc(Br)cc3c2OCC3)C1.Cl. The average Bonchev–Trinajstić information content (AvgIpc) is 2.97. The number of ether oxygens (including phenoxy) is 1. The number of benzene rings is 1. The second-order valence-electron chi connectivity index (χ2n) is 6.13. The van der Waals surface area contributed by atoms with E-state index in [4.69, 9.17) is 10.5 Å². The van der Waals surface area contributed by atoms with E-state index in [0.29, 0.717) is 0 Å². The lowest BCUT2D eigenvalue weighted by molar-refractivity contribution is 0.269. The molecule has 1 unspecified atom stereocenters. The van der Waals surface area contributed by atoms with Crippen LogP contribution in [0.2, 0.25) is 0 Å². The van der Waals surface area contributed by atoms with E-state index < -0.39 is 0 Å². The first-order valence-corrected chi connectivity index (χ1v) is 7.75. The van der Waals surface area contributed by atoms with E-state index in [2.05, 4.69) is 39.9 Å². The van der Waals surface area contributed by atoms with Crippen molar-refractivity contribution in [2.45, 2.75) is 26.3 Å². The van der Waals surface area contributed by atoms with E-state index in [1.807, 2.05) is 0 Å². The van der Waals surface area contributed by atoms with Gasteiger partial charge in [-0.3, -0.25) is 4.90 Å². The van der Waals surface area contributed by atoms with Gasteiger partial charge in [-0.2, -0.15) is 0 Å². The van der Waals surface area contributed by atoms with Crippen LogP contribution in [0.3, 0.4) is 0 Å².